The van der Waals surface area contributed by atoms with Crippen molar-refractivity contribution in [1.82, 2.24) is 16.3 Å². The molecule has 1 aromatic carbocycles. The number of halogens is 9. The average Bonchev–Trinajstić information content (AvgIpc) is 3.17. The maximum absolute atomic E-state index is 13.6. The molecule has 3 N–H and O–H groups in total. The first kappa shape index (κ1) is 29.2. The van der Waals surface area contributed by atoms with Gasteiger partial charge in [-0.15, -0.1) is 0 Å². The number of hydrogen-bond donors (Lipinski definition) is 3. The van der Waals surface area contributed by atoms with E-state index in [1.807, 2.05) is 0 Å². The summed E-state index contributed by atoms with van der Waals surface area (Å²) in [5.41, 5.74) is 5.12. The quantitative estimate of drug-likeness (QED) is 0.337. The molecule has 0 radical (unpaired) electrons. The first-order chi connectivity index (χ1) is 17.5. The predicted octanol–water partition coefficient (Wildman–Crippen LogP) is 4.96. The van der Waals surface area contributed by atoms with Crippen molar-refractivity contribution in [1.29, 1.82) is 0 Å². The Morgan fingerprint density at radius 2 is 1.61 bits per heavy atom. The minimum Gasteiger partial charge on any atom is -0.455 e. The van der Waals surface area contributed by atoms with Crippen molar-refractivity contribution in [2.75, 3.05) is 0 Å². The smallest absolute Gasteiger partial charge is 0.455 e. The molecule has 2 aromatic rings. The Morgan fingerprint density at radius 1 is 0.974 bits per heavy atom. The number of nitrogens with one attached hydrogen (secondary N) is 3. The standard InChI is InChI=1S/C21H15Cl2F7N4O4/c1-8-14-12(31-34-18(37)19(24,25)20(26,27)21(28,29)30)3-2-4-13(14)38-15(8)17(36)33-32-16(35)10-6-5-9(22)7-11(10)23/h5-7H,2-4H2,1H3,(H,32,35)(H,33,36)(H,34,37)/b31-12+. The average molecular weight is 591 g/mol. The molecule has 0 aliphatic heterocycles. The number of hydrogen-bond acceptors (Lipinski definition) is 5. The topological polar surface area (TPSA) is 113 Å². The molecule has 1 aliphatic carbocycles. The van der Waals surface area contributed by atoms with Gasteiger partial charge >= 0.3 is 29.8 Å². The number of benzene rings is 1. The Hall–Kier alpha value is -3.33. The van der Waals surface area contributed by atoms with Gasteiger partial charge in [-0.2, -0.15) is 35.8 Å². The number of nitrogens with zero attached hydrogens (tertiary/aromatic N) is 1. The second kappa shape index (κ2) is 10.4. The number of furan rings is 1. The van der Waals surface area contributed by atoms with Crippen molar-refractivity contribution < 1.29 is 49.5 Å². The Kier molecular flexibility index (Phi) is 8.03. The molecule has 8 nitrogen and oxygen atoms in total. The molecule has 1 aromatic heterocycles. The minimum atomic E-state index is -6.70. The predicted molar refractivity (Wildman–Crippen MR) is 118 cm³/mol. The van der Waals surface area contributed by atoms with Crippen LogP contribution in [0.2, 0.25) is 10.0 Å². The van der Waals surface area contributed by atoms with E-state index >= 15 is 0 Å². The normalized spacial score (nSPS) is 15.2. The summed E-state index contributed by atoms with van der Waals surface area (Å²) < 4.78 is 95.8. The zero-order valence-electron chi connectivity index (χ0n) is 18.8. The summed E-state index contributed by atoms with van der Waals surface area (Å²) in [6.07, 6.45) is -6.26. The number of hydrazine groups is 1. The fourth-order valence-corrected chi connectivity index (χ4v) is 3.91. The van der Waals surface area contributed by atoms with Crippen molar-refractivity contribution in [3.05, 3.63) is 56.5 Å². The second-order valence-electron chi connectivity index (χ2n) is 7.89. The molecule has 38 heavy (non-hydrogen) atoms. The summed E-state index contributed by atoms with van der Waals surface area (Å²) in [7, 11) is 0. The lowest BCUT2D eigenvalue weighted by Gasteiger charge is -2.26. The highest BCUT2D eigenvalue weighted by Gasteiger charge is 2.76. The van der Waals surface area contributed by atoms with Gasteiger partial charge in [0.15, 0.2) is 5.76 Å². The molecule has 0 saturated carbocycles. The molecule has 17 heteroatoms. The lowest BCUT2D eigenvalue weighted by atomic mass is 9.93. The van der Waals surface area contributed by atoms with Crippen molar-refractivity contribution in [3.8, 4) is 0 Å². The van der Waals surface area contributed by atoms with Gasteiger partial charge in [0.25, 0.3) is 5.91 Å². The maximum Gasteiger partial charge on any atom is 0.460 e. The third kappa shape index (κ3) is 5.43. The highest BCUT2D eigenvalue weighted by atomic mass is 35.5. The van der Waals surface area contributed by atoms with Crippen LogP contribution >= 0.6 is 23.2 Å². The molecule has 206 valence electrons. The largest absolute Gasteiger partial charge is 0.460 e. The van der Waals surface area contributed by atoms with E-state index in [0.717, 1.165) is 5.43 Å². The van der Waals surface area contributed by atoms with Crippen molar-refractivity contribution in [2.45, 2.75) is 44.2 Å². The van der Waals surface area contributed by atoms with Crippen LogP contribution in [0.1, 0.15) is 50.6 Å². The maximum atomic E-state index is 13.6. The van der Waals surface area contributed by atoms with Gasteiger partial charge in [0.2, 0.25) is 0 Å². The number of amides is 3. The van der Waals surface area contributed by atoms with Crippen molar-refractivity contribution in [2.24, 2.45) is 5.10 Å². The fourth-order valence-electron chi connectivity index (χ4n) is 3.42. The van der Waals surface area contributed by atoms with E-state index in [1.54, 1.807) is 0 Å². The van der Waals surface area contributed by atoms with Gasteiger partial charge in [-0.05, 0) is 38.0 Å². The van der Waals surface area contributed by atoms with Crippen LogP contribution in [0.3, 0.4) is 0 Å². The summed E-state index contributed by atoms with van der Waals surface area (Å²) in [5, 5.41) is 3.56. The molecule has 0 bridgehead atoms. The third-order valence-electron chi connectivity index (χ3n) is 5.33. The Balaban J connectivity index is 1.78. The zero-order chi connectivity index (χ0) is 28.6. The van der Waals surface area contributed by atoms with Gasteiger partial charge in [0.1, 0.15) is 5.76 Å². The van der Waals surface area contributed by atoms with Crippen molar-refractivity contribution in [3.63, 3.8) is 0 Å². The molecule has 1 aliphatic rings. The number of carbonyl (C=O) groups excluding carboxylic acids is 3. The van der Waals surface area contributed by atoms with E-state index in [0.29, 0.717) is 0 Å². The zero-order valence-corrected chi connectivity index (χ0v) is 20.3. The van der Waals surface area contributed by atoms with Crippen LogP contribution in [0, 0.1) is 6.92 Å². The van der Waals surface area contributed by atoms with Crippen LogP contribution in [0.15, 0.2) is 27.7 Å². The van der Waals surface area contributed by atoms with Crippen LogP contribution in [-0.2, 0) is 11.2 Å². The molecular formula is C21H15Cl2F7N4O4. The monoisotopic (exact) mass is 590 g/mol. The molecular weight excluding hydrogens is 576 g/mol. The SMILES string of the molecule is Cc1c(C(=O)NNC(=O)c2ccc(Cl)cc2Cl)oc2c1/C(=N/NC(=O)C(F)(F)C(F)(F)C(F)(F)F)CCC2. The molecule has 0 unspecified atom stereocenters. The summed E-state index contributed by atoms with van der Waals surface area (Å²) in [4.78, 5) is 36.4. The first-order valence-electron chi connectivity index (χ1n) is 10.4. The first-order valence-corrected chi connectivity index (χ1v) is 11.1. The molecule has 0 fully saturated rings. The summed E-state index contributed by atoms with van der Waals surface area (Å²) in [6.45, 7) is 1.34. The van der Waals surface area contributed by atoms with E-state index in [4.69, 9.17) is 27.6 Å². The number of carbonyl (C=O) groups is 3. The fraction of sp³-hybridized carbons (Fsp3) is 0.333. The van der Waals surface area contributed by atoms with Crippen LogP contribution in [-0.4, -0.2) is 41.5 Å². The van der Waals surface area contributed by atoms with Crippen molar-refractivity contribution >= 4 is 46.6 Å². The molecule has 3 amide bonds. The number of hydrazone groups is 1. The van der Waals surface area contributed by atoms with E-state index in [-0.39, 0.29) is 63.2 Å². The van der Waals surface area contributed by atoms with Gasteiger partial charge in [-0.25, -0.2) is 5.43 Å². The van der Waals surface area contributed by atoms with E-state index in [2.05, 4.69) is 16.0 Å². The lowest BCUT2D eigenvalue weighted by Crippen LogP contribution is -2.58. The third-order valence-corrected chi connectivity index (χ3v) is 5.87. The van der Waals surface area contributed by atoms with Crippen LogP contribution in [0.5, 0.6) is 0 Å². The van der Waals surface area contributed by atoms with Gasteiger partial charge < -0.3 is 4.42 Å². The molecule has 1 heterocycles. The van der Waals surface area contributed by atoms with Gasteiger partial charge in [0.05, 0.1) is 16.3 Å². The molecule has 0 spiro atoms. The number of rotatable bonds is 5. The van der Waals surface area contributed by atoms with E-state index in [9.17, 15) is 45.1 Å². The molecule has 3 rings (SSSR count). The van der Waals surface area contributed by atoms with Crippen LogP contribution < -0.4 is 16.3 Å². The second-order valence-corrected chi connectivity index (χ2v) is 8.73. The number of fused-ring (bicyclic) bond motifs is 1. The van der Waals surface area contributed by atoms with Gasteiger partial charge in [-0.1, -0.05) is 23.2 Å². The number of aryl methyl sites for hydroxylation is 1. The molecule has 0 atom stereocenters. The van der Waals surface area contributed by atoms with Gasteiger partial charge in [-0.3, -0.25) is 25.2 Å². The summed E-state index contributed by atoms with van der Waals surface area (Å²) in [5.74, 6) is -17.8. The van der Waals surface area contributed by atoms with Crippen LogP contribution in [0.25, 0.3) is 0 Å². The Morgan fingerprint density at radius 3 is 2.21 bits per heavy atom. The van der Waals surface area contributed by atoms with Crippen LogP contribution in [0.4, 0.5) is 30.7 Å². The Bertz CT molecular complexity index is 1330. The van der Waals surface area contributed by atoms with Gasteiger partial charge in [0, 0.05) is 22.6 Å². The highest BCUT2D eigenvalue weighted by Crippen LogP contribution is 2.46. The lowest BCUT2D eigenvalue weighted by molar-refractivity contribution is -0.344. The summed E-state index contributed by atoms with van der Waals surface area (Å²) in [6, 6.07) is 3.98. The Labute approximate surface area is 218 Å². The number of alkyl halides is 7. The minimum absolute atomic E-state index is 0.00429. The highest BCUT2D eigenvalue weighted by molar-refractivity contribution is 6.36. The van der Waals surface area contributed by atoms with E-state index in [1.165, 1.54) is 25.1 Å². The molecule has 0 saturated heterocycles. The van der Waals surface area contributed by atoms with E-state index < -0.39 is 35.7 Å². The summed E-state index contributed by atoms with van der Waals surface area (Å²) >= 11 is 11.7.